The zero-order valence-corrected chi connectivity index (χ0v) is 15.6. The fourth-order valence-electron chi connectivity index (χ4n) is 3.50. The maximum absolute atomic E-state index is 12.6. The van der Waals surface area contributed by atoms with E-state index in [1.807, 2.05) is 25.1 Å². The third kappa shape index (κ3) is 3.95. The molecule has 138 valence electrons. The highest BCUT2D eigenvalue weighted by Crippen LogP contribution is 2.42. The number of nitrogens with zero attached hydrogens (tertiary/aromatic N) is 2. The van der Waals surface area contributed by atoms with Crippen molar-refractivity contribution in [1.82, 2.24) is 10.3 Å². The number of pyridine rings is 1. The zero-order valence-electron chi connectivity index (χ0n) is 15.6. The standard InChI is InChI=1S/C22H24N4O/c1-14-9-16(11-23)5-8-20(14)26-21-10-18(17-6-7-17)19(13-24-21)22(27)25-12-15-3-2-4-15/h5,8-10,13,15,17H,2-4,6-7,12H2,1H3,(H,24,26)(H,25,27). The second kappa shape index (κ2) is 7.40. The van der Waals surface area contributed by atoms with Crippen LogP contribution in [0.5, 0.6) is 0 Å². The molecule has 2 N–H and O–H groups in total. The second-order valence-corrected chi connectivity index (χ2v) is 7.70. The summed E-state index contributed by atoms with van der Waals surface area (Å²) in [5.41, 5.74) is 4.35. The molecule has 5 nitrogen and oxygen atoms in total. The van der Waals surface area contributed by atoms with E-state index in [1.54, 1.807) is 12.3 Å². The number of rotatable bonds is 6. The van der Waals surface area contributed by atoms with Crippen molar-refractivity contribution in [3.63, 3.8) is 0 Å². The number of hydrogen-bond acceptors (Lipinski definition) is 4. The molecule has 0 aliphatic heterocycles. The van der Waals surface area contributed by atoms with Gasteiger partial charge in [0.15, 0.2) is 0 Å². The van der Waals surface area contributed by atoms with Gasteiger partial charge in [-0.25, -0.2) is 4.98 Å². The predicted molar refractivity (Wildman–Crippen MR) is 105 cm³/mol. The van der Waals surface area contributed by atoms with E-state index >= 15 is 0 Å². The van der Waals surface area contributed by atoms with E-state index in [0.29, 0.717) is 23.0 Å². The number of aromatic nitrogens is 1. The Labute approximate surface area is 159 Å². The fourth-order valence-corrected chi connectivity index (χ4v) is 3.50. The van der Waals surface area contributed by atoms with Crippen LogP contribution in [0.2, 0.25) is 0 Å². The van der Waals surface area contributed by atoms with Crippen LogP contribution < -0.4 is 10.6 Å². The van der Waals surface area contributed by atoms with Crippen LogP contribution in [0, 0.1) is 24.2 Å². The Morgan fingerprint density at radius 3 is 2.70 bits per heavy atom. The van der Waals surface area contributed by atoms with Gasteiger partial charge < -0.3 is 10.6 Å². The van der Waals surface area contributed by atoms with E-state index in [0.717, 1.165) is 42.0 Å². The molecule has 5 heteroatoms. The summed E-state index contributed by atoms with van der Waals surface area (Å²) in [4.78, 5) is 17.1. The first-order chi connectivity index (χ1) is 13.1. The number of benzene rings is 1. The maximum atomic E-state index is 12.6. The van der Waals surface area contributed by atoms with E-state index in [9.17, 15) is 4.79 Å². The van der Waals surface area contributed by atoms with Gasteiger partial charge in [-0.05, 0) is 79.8 Å². The van der Waals surface area contributed by atoms with Gasteiger partial charge in [-0.15, -0.1) is 0 Å². The lowest BCUT2D eigenvalue weighted by Crippen LogP contribution is -2.32. The molecule has 1 heterocycles. The van der Waals surface area contributed by atoms with Gasteiger partial charge in [-0.2, -0.15) is 5.26 Å². The molecule has 0 bridgehead atoms. The van der Waals surface area contributed by atoms with Gasteiger partial charge in [-0.1, -0.05) is 6.42 Å². The summed E-state index contributed by atoms with van der Waals surface area (Å²) in [5.74, 6) is 1.84. The molecule has 2 aromatic rings. The molecule has 27 heavy (non-hydrogen) atoms. The Bertz CT molecular complexity index is 907. The third-order valence-corrected chi connectivity index (χ3v) is 5.59. The van der Waals surface area contributed by atoms with Crippen LogP contribution >= 0.6 is 0 Å². The first-order valence-electron chi connectivity index (χ1n) is 9.70. The molecule has 0 spiro atoms. The molecular weight excluding hydrogens is 336 g/mol. The van der Waals surface area contributed by atoms with Gasteiger partial charge >= 0.3 is 0 Å². The lowest BCUT2D eigenvalue weighted by Gasteiger charge is -2.25. The minimum atomic E-state index is -0.00240. The number of amides is 1. The van der Waals surface area contributed by atoms with Crippen LogP contribution in [0.15, 0.2) is 30.5 Å². The van der Waals surface area contributed by atoms with Crippen LogP contribution in [0.4, 0.5) is 11.5 Å². The first-order valence-corrected chi connectivity index (χ1v) is 9.70. The van der Waals surface area contributed by atoms with Crippen LogP contribution in [0.3, 0.4) is 0 Å². The van der Waals surface area contributed by atoms with Crippen molar-refractivity contribution < 1.29 is 4.79 Å². The van der Waals surface area contributed by atoms with Crippen molar-refractivity contribution >= 4 is 17.4 Å². The summed E-state index contributed by atoms with van der Waals surface area (Å²) in [6.45, 7) is 2.74. The van der Waals surface area contributed by atoms with Crippen LogP contribution in [0.1, 0.15) is 65.1 Å². The van der Waals surface area contributed by atoms with Crippen molar-refractivity contribution in [2.45, 2.75) is 44.9 Å². The number of aryl methyl sites for hydroxylation is 1. The van der Waals surface area contributed by atoms with Crippen molar-refractivity contribution in [2.24, 2.45) is 5.92 Å². The average Bonchev–Trinajstić information content (AvgIpc) is 3.47. The fraction of sp³-hybridized carbons (Fsp3) is 0.409. The molecule has 0 atom stereocenters. The molecule has 0 radical (unpaired) electrons. The van der Waals surface area contributed by atoms with Crippen LogP contribution in [-0.2, 0) is 0 Å². The van der Waals surface area contributed by atoms with E-state index in [4.69, 9.17) is 5.26 Å². The summed E-state index contributed by atoms with van der Waals surface area (Å²) in [7, 11) is 0. The Morgan fingerprint density at radius 1 is 1.26 bits per heavy atom. The summed E-state index contributed by atoms with van der Waals surface area (Å²) < 4.78 is 0. The highest BCUT2D eigenvalue weighted by Gasteiger charge is 2.29. The molecule has 0 saturated heterocycles. The number of nitrogens with one attached hydrogen (secondary N) is 2. The number of carbonyl (C=O) groups is 1. The highest BCUT2D eigenvalue weighted by atomic mass is 16.1. The minimum Gasteiger partial charge on any atom is -0.352 e. The Hall–Kier alpha value is -2.87. The van der Waals surface area contributed by atoms with Crippen molar-refractivity contribution in [2.75, 3.05) is 11.9 Å². The topological polar surface area (TPSA) is 77.8 Å². The van der Waals surface area contributed by atoms with Crippen molar-refractivity contribution in [3.8, 4) is 6.07 Å². The molecule has 2 fully saturated rings. The van der Waals surface area contributed by atoms with Crippen molar-refractivity contribution in [1.29, 1.82) is 5.26 Å². The van der Waals surface area contributed by atoms with E-state index < -0.39 is 0 Å². The summed E-state index contributed by atoms with van der Waals surface area (Å²) in [6, 6.07) is 9.70. The van der Waals surface area contributed by atoms with E-state index in [1.165, 1.54) is 19.3 Å². The second-order valence-electron chi connectivity index (χ2n) is 7.70. The third-order valence-electron chi connectivity index (χ3n) is 5.59. The van der Waals surface area contributed by atoms with Gasteiger partial charge in [0.1, 0.15) is 5.82 Å². The van der Waals surface area contributed by atoms with Gasteiger partial charge in [0, 0.05) is 18.4 Å². The van der Waals surface area contributed by atoms with Gasteiger partial charge in [0.2, 0.25) is 0 Å². The van der Waals surface area contributed by atoms with E-state index in [2.05, 4.69) is 21.7 Å². The molecule has 1 aromatic carbocycles. The minimum absolute atomic E-state index is 0.00240. The van der Waals surface area contributed by atoms with Crippen LogP contribution in [0.25, 0.3) is 0 Å². The van der Waals surface area contributed by atoms with Gasteiger partial charge in [0.05, 0.1) is 17.2 Å². The Kier molecular flexibility index (Phi) is 4.81. The van der Waals surface area contributed by atoms with Crippen LogP contribution in [-0.4, -0.2) is 17.4 Å². The number of nitriles is 1. The Balaban J connectivity index is 1.52. The summed E-state index contributed by atoms with van der Waals surface area (Å²) in [5, 5.41) is 15.4. The smallest absolute Gasteiger partial charge is 0.253 e. The number of hydrogen-bond donors (Lipinski definition) is 2. The normalized spacial score (nSPS) is 16.3. The van der Waals surface area contributed by atoms with Gasteiger partial charge in [0.25, 0.3) is 5.91 Å². The average molecular weight is 360 g/mol. The lowest BCUT2D eigenvalue weighted by atomic mass is 9.85. The maximum Gasteiger partial charge on any atom is 0.253 e. The lowest BCUT2D eigenvalue weighted by molar-refractivity contribution is 0.0937. The summed E-state index contributed by atoms with van der Waals surface area (Å²) in [6.07, 6.45) is 7.68. The van der Waals surface area contributed by atoms with E-state index in [-0.39, 0.29) is 5.91 Å². The van der Waals surface area contributed by atoms with Crippen molar-refractivity contribution in [3.05, 3.63) is 52.7 Å². The molecule has 1 aromatic heterocycles. The molecule has 1 amide bonds. The van der Waals surface area contributed by atoms with Gasteiger partial charge in [-0.3, -0.25) is 4.79 Å². The highest BCUT2D eigenvalue weighted by molar-refractivity contribution is 5.96. The predicted octanol–water partition coefficient (Wildman–Crippen LogP) is 4.41. The zero-order chi connectivity index (χ0) is 18.8. The Morgan fingerprint density at radius 2 is 2.07 bits per heavy atom. The molecule has 2 saturated carbocycles. The monoisotopic (exact) mass is 360 g/mol. The molecule has 2 aliphatic carbocycles. The number of anilines is 2. The molecule has 0 unspecified atom stereocenters. The molecule has 4 rings (SSSR count). The SMILES string of the molecule is Cc1cc(C#N)ccc1Nc1cc(C2CC2)c(C(=O)NCC2CCC2)cn1. The molecule has 2 aliphatic rings. The largest absolute Gasteiger partial charge is 0.352 e. The molecular formula is C22H24N4O. The first kappa shape index (κ1) is 17.5. The summed E-state index contributed by atoms with van der Waals surface area (Å²) >= 11 is 0. The quantitative estimate of drug-likeness (QED) is 0.800. The number of carbonyl (C=O) groups excluding carboxylic acids is 1.